The van der Waals surface area contributed by atoms with Gasteiger partial charge in [-0.3, -0.25) is 4.79 Å². The Hall–Kier alpha value is -1.61. The second-order valence-electron chi connectivity index (χ2n) is 4.96. The van der Waals surface area contributed by atoms with Gasteiger partial charge in [-0.15, -0.1) is 0 Å². The third kappa shape index (κ3) is 2.06. The number of rotatable bonds is 3. The molecule has 1 aromatic carbocycles. The van der Waals surface area contributed by atoms with Crippen molar-refractivity contribution in [2.45, 2.75) is 19.8 Å². The SMILES string of the molecule is Cc1cccc2cc(C(=O)CC3CCOC3)oc12. The molecule has 0 spiro atoms. The second kappa shape index (κ2) is 4.58. The number of carbonyl (C=O) groups is 1. The number of furan rings is 1. The summed E-state index contributed by atoms with van der Waals surface area (Å²) in [4.78, 5) is 12.1. The van der Waals surface area contributed by atoms with Crippen LogP contribution in [0, 0.1) is 12.8 Å². The minimum atomic E-state index is 0.0844. The van der Waals surface area contributed by atoms with E-state index < -0.39 is 0 Å². The molecule has 0 amide bonds. The fraction of sp³-hybridized carbons (Fsp3) is 0.400. The molecule has 2 heterocycles. The number of carbonyl (C=O) groups excluding carboxylic acids is 1. The highest BCUT2D eigenvalue weighted by Gasteiger charge is 2.22. The fourth-order valence-electron chi connectivity index (χ4n) is 2.45. The van der Waals surface area contributed by atoms with Gasteiger partial charge in [-0.2, -0.15) is 0 Å². The lowest BCUT2D eigenvalue weighted by atomic mass is 10.0. The number of aryl methyl sites for hydroxylation is 1. The monoisotopic (exact) mass is 244 g/mol. The molecule has 1 aromatic heterocycles. The van der Waals surface area contributed by atoms with Gasteiger partial charge in [-0.1, -0.05) is 18.2 Å². The summed E-state index contributed by atoms with van der Waals surface area (Å²) in [7, 11) is 0. The van der Waals surface area contributed by atoms with Crippen molar-refractivity contribution in [2.24, 2.45) is 5.92 Å². The van der Waals surface area contributed by atoms with E-state index in [-0.39, 0.29) is 5.78 Å². The Labute approximate surface area is 106 Å². The largest absolute Gasteiger partial charge is 0.453 e. The van der Waals surface area contributed by atoms with Gasteiger partial charge in [-0.05, 0) is 30.9 Å². The first-order chi connectivity index (χ1) is 8.74. The lowest BCUT2D eigenvalue weighted by molar-refractivity contribution is 0.0928. The van der Waals surface area contributed by atoms with Gasteiger partial charge in [0.2, 0.25) is 0 Å². The topological polar surface area (TPSA) is 39.4 Å². The predicted molar refractivity (Wildman–Crippen MR) is 68.8 cm³/mol. The lowest BCUT2D eigenvalue weighted by Crippen LogP contribution is -2.07. The van der Waals surface area contributed by atoms with Crippen molar-refractivity contribution in [3.8, 4) is 0 Å². The van der Waals surface area contributed by atoms with E-state index in [2.05, 4.69) is 0 Å². The Kier molecular flexibility index (Phi) is 2.92. The summed E-state index contributed by atoms with van der Waals surface area (Å²) in [6.07, 6.45) is 1.50. The Morgan fingerprint density at radius 2 is 2.33 bits per heavy atom. The number of benzene rings is 1. The van der Waals surface area contributed by atoms with E-state index in [9.17, 15) is 4.79 Å². The maximum Gasteiger partial charge on any atom is 0.198 e. The molecule has 3 heteroatoms. The zero-order valence-electron chi connectivity index (χ0n) is 10.4. The molecule has 0 saturated carbocycles. The third-order valence-corrected chi connectivity index (χ3v) is 3.51. The van der Waals surface area contributed by atoms with Gasteiger partial charge in [0.1, 0.15) is 5.58 Å². The predicted octanol–water partition coefficient (Wildman–Crippen LogP) is 3.35. The first-order valence-electron chi connectivity index (χ1n) is 6.34. The average molecular weight is 244 g/mol. The van der Waals surface area contributed by atoms with E-state index in [1.54, 1.807) is 0 Å². The summed E-state index contributed by atoms with van der Waals surface area (Å²) in [6, 6.07) is 7.79. The third-order valence-electron chi connectivity index (χ3n) is 3.51. The quantitative estimate of drug-likeness (QED) is 0.777. The molecule has 1 aliphatic rings. The summed E-state index contributed by atoms with van der Waals surface area (Å²) in [5.41, 5.74) is 1.89. The first kappa shape index (κ1) is 11.5. The van der Waals surface area contributed by atoms with E-state index in [4.69, 9.17) is 9.15 Å². The standard InChI is InChI=1S/C15H16O3/c1-10-3-2-4-12-8-14(18-15(10)12)13(16)7-11-5-6-17-9-11/h2-4,8,11H,5-7,9H2,1H3. The number of ketones is 1. The maximum absolute atomic E-state index is 12.1. The molecule has 0 bridgehead atoms. The van der Waals surface area contributed by atoms with Crippen LogP contribution < -0.4 is 0 Å². The molecule has 1 fully saturated rings. The zero-order valence-corrected chi connectivity index (χ0v) is 10.4. The highest BCUT2D eigenvalue weighted by Crippen LogP contribution is 2.25. The van der Waals surface area contributed by atoms with E-state index in [0.717, 1.165) is 29.6 Å². The Morgan fingerprint density at radius 3 is 3.06 bits per heavy atom. The molecule has 18 heavy (non-hydrogen) atoms. The highest BCUT2D eigenvalue weighted by atomic mass is 16.5. The maximum atomic E-state index is 12.1. The summed E-state index contributed by atoms with van der Waals surface area (Å²) < 4.78 is 11.0. The molecule has 1 aliphatic heterocycles. The average Bonchev–Trinajstić information content (AvgIpc) is 2.97. The van der Waals surface area contributed by atoms with E-state index >= 15 is 0 Å². The molecule has 3 rings (SSSR count). The van der Waals surface area contributed by atoms with E-state index in [0.29, 0.717) is 24.7 Å². The molecule has 0 N–H and O–H groups in total. The van der Waals surface area contributed by atoms with Gasteiger partial charge in [-0.25, -0.2) is 0 Å². The van der Waals surface area contributed by atoms with Crippen LogP contribution in [0.15, 0.2) is 28.7 Å². The smallest absolute Gasteiger partial charge is 0.198 e. The van der Waals surface area contributed by atoms with Crippen molar-refractivity contribution in [3.63, 3.8) is 0 Å². The van der Waals surface area contributed by atoms with Crippen LogP contribution >= 0.6 is 0 Å². The number of ether oxygens (including phenoxy) is 1. The molecule has 94 valence electrons. The first-order valence-corrected chi connectivity index (χ1v) is 6.34. The van der Waals surface area contributed by atoms with Gasteiger partial charge >= 0.3 is 0 Å². The Morgan fingerprint density at radius 1 is 1.44 bits per heavy atom. The normalized spacial score (nSPS) is 19.5. The molecule has 1 unspecified atom stereocenters. The highest BCUT2D eigenvalue weighted by molar-refractivity contribution is 5.98. The van der Waals surface area contributed by atoms with Crippen molar-refractivity contribution in [1.29, 1.82) is 0 Å². The van der Waals surface area contributed by atoms with Gasteiger partial charge in [0.15, 0.2) is 11.5 Å². The summed E-state index contributed by atoms with van der Waals surface area (Å²) in [5, 5.41) is 1.00. The Balaban J connectivity index is 1.85. The van der Waals surface area contributed by atoms with Gasteiger partial charge in [0.05, 0.1) is 0 Å². The number of para-hydroxylation sites is 1. The fourth-order valence-corrected chi connectivity index (χ4v) is 2.45. The molecular formula is C15H16O3. The van der Waals surface area contributed by atoms with Gasteiger partial charge in [0, 0.05) is 25.0 Å². The zero-order chi connectivity index (χ0) is 12.5. The number of Topliss-reactive ketones (excluding diaryl/α,β-unsaturated/α-hetero) is 1. The number of hydrogen-bond acceptors (Lipinski definition) is 3. The van der Waals surface area contributed by atoms with Crippen LogP contribution in [0.5, 0.6) is 0 Å². The van der Waals surface area contributed by atoms with E-state index in [1.807, 2.05) is 31.2 Å². The van der Waals surface area contributed by atoms with Crippen molar-refractivity contribution in [3.05, 3.63) is 35.6 Å². The molecule has 0 aliphatic carbocycles. The minimum Gasteiger partial charge on any atom is -0.453 e. The van der Waals surface area contributed by atoms with Crippen LogP contribution in [0.3, 0.4) is 0 Å². The van der Waals surface area contributed by atoms with Crippen LogP contribution in [-0.4, -0.2) is 19.0 Å². The summed E-state index contributed by atoms with van der Waals surface area (Å²) >= 11 is 0. The van der Waals surface area contributed by atoms with Crippen LogP contribution in [0.1, 0.15) is 29.0 Å². The molecule has 1 atom stereocenters. The molecule has 3 nitrogen and oxygen atoms in total. The van der Waals surface area contributed by atoms with Crippen LogP contribution in [-0.2, 0) is 4.74 Å². The minimum absolute atomic E-state index is 0.0844. The molecule has 0 radical (unpaired) electrons. The van der Waals surface area contributed by atoms with E-state index in [1.165, 1.54) is 0 Å². The van der Waals surface area contributed by atoms with Crippen molar-refractivity contribution in [1.82, 2.24) is 0 Å². The van der Waals surface area contributed by atoms with Crippen LogP contribution in [0.4, 0.5) is 0 Å². The summed E-state index contributed by atoms with van der Waals surface area (Å²) in [6.45, 7) is 3.47. The van der Waals surface area contributed by atoms with Crippen LogP contribution in [0.25, 0.3) is 11.0 Å². The van der Waals surface area contributed by atoms with Crippen molar-refractivity contribution >= 4 is 16.8 Å². The second-order valence-corrected chi connectivity index (χ2v) is 4.96. The molecule has 2 aromatic rings. The van der Waals surface area contributed by atoms with Crippen molar-refractivity contribution < 1.29 is 13.9 Å². The Bertz CT molecular complexity index is 576. The number of fused-ring (bicyclic) bond motifs is 1. The van der Waals surface area contributed by atoms with Crippen LogP contribution in [0.2, 0.25) is 0 Å². The van der Waals surface area contributed by atoms with Crippen molar-refractivity contribution in [2.75, 3.05) is 13.2 Å². The summed E-state index contributed by atoms with van der Waals surface area (Å²) in [5.74, 6) is 0.916. The molecule has 1 saturated heterocycles. The molecular weight excluding hydrogens is 228 g/mol. The van der Waals surface area contributed by atoms with Gasteiger partial charge < -0.3 is 9.15 Å². The lowest BCUT2D eigenvalue weighted by Gasteiger charge is -2.03. The van der Waals surface area contributed by atoms with Gasteiger partial charge in [0.25, 0.3) is 0 Å². The number of hydrogen-bond donors (Lipinski definition) is 0.